The summed E-state index contributed by atoms with van der Waals surface area (Å²) in [5.41, 5.74) is -2.18. The number of alkyl halides is 3. The number of aldehydes is 1. The Morgan fingerprint density at radius 2 is 2.05 bits per heavy atom. The zero-order valence-corrected chi connectivity index (χ0v) is 11.2. The van der Waals surface area contributed by atoms with Gasteiger partial charge in [0.2, 0.25) is 6.29 Å². The van der Waals surface area contributed by atoms with E-state index < -0.39 is 22.6 Å². The van der Waals surface area contributed by atoms with Crippen molar-refractivity contribution in [3.63, 3.8) is 0 Å². The van der Waals surface area contributed by atoms with Crippen molar-refractivity contribution < 1.29 is 27.6 Å². The number of halogens is 3. The van der Waals surface area contributed by atoms with Crippen LogP contribution in [-0.2, 0) is 10.3 Å². The molecule has 0 saturated carbocycles. The number of ether oxygens (including phenoxy) is 1. The van der Waals surface area contributed by atoms with Crippen LogP contribution in [0.5, 0.6) is 5.75 Å². The molecule has 0 fully saturated rings. The number of hydrogen-bond acceptors (Lipinski definition) is 4. The van der Waals surface area contributed by atoms with Gasteiger partial charge >= 0.3 is 11.9 Å². The Balaban J connectivity index is 3.22. The van der Waals surface area contributed by atoms with E-state index in [0.717, 1.165) is 12.1 Å². The number of nitrogens with zero attached hydrogens (tertiary/aromatic N) is 1. The third-order valence-electron chi connectivity index (χ3n) is 3.00. The zero-order chi connectivity index (χ0) is 16.1. The van der Waals surface area contributed by atoms with Crippen molar-refractivity contribution in [1.82, 2.24) is 0 Å². The molecule has 0 amide bonds. The second-order valence-electron chi connectivity index (χ2n) is 4.48. The van der Waals surface area contributed by atoms with Crippen LogP contribution in [0.4, 0.5) is 13.2 Å². The van der Waals surface area contributed by atoms with Crippen molar-refractivity contribution >= 4 is 6.29 Å². The van der Waals surface area contributed by atoms with Crippen molar-refractivity contribution in [3.8, 4) is 5.75 Å². The Labute approximate surface area is 118 Å². The maximum atomic E-state index is 12.2. The fraction of sp³-hybridized carbons (Fsp3) is 0.462. The highest BCUT2D eigenvalue weighted by Gasteiger charge is 2.44. The van der Waals surface area contributed by atoms with Crippen LogP contribution in [0, 0.1) is 10.1 Å². The van der Waals surface area contributed by atoms with E-state index in [1.807, 2.05) is 0 Å². The van der Waals surface area contributed by atoms with Gasteiger partial charge in [-0.1, -0.05) is 25.5 Å². The summed E-state index contributed by atoms with van der Waals surface area (Å²) in [5, 5.41) is 11.3. The molecule has 0 saturated heterocycles. The Morgan fingerprint density at radius 1 is 1.38 bits per heavy atom. The van der Waals surface area contributed by atoms with Crippen LogP contribution in [0.1, 0.15) is 31.7 Å². The van der Waals surface area contributed by atoms with Crippen LogP contribution in [0.3, 0.4) is 0 Å². The summed E-state index contributed by atoms with van der Waals surface area (Å²) in [6, 6.07) is 4.33. The second kappa shape index (κ2) is 6.55. The van der Waals surface area contributed by atoms with Crippen molar-refractivity contribution in [2.45, 2.75) is 38.1 Å². The number of benzene rings is 1. The van der Waals surface area contributed by atoms with Crippen LogP contribution in [0.25, 0.3) is 0 Å². The Hall–Kier alpha value is -2.12. The number of hydrogen-bond donors (Lipinski definition) is 0. The molecule has 1 unspecified atom stereocenters. The largest absolute Gasteiger partial charge is 0.573 e. The minimum Gasteiger partial charge on any atom is -0.406 e. The first-order valence-electron chi connectivity index (χ1n) is 6.22. The Bertz CT molecular complexity index is 518. The van der Waals surface area contributed by atoms with Gasteiger partial charge in [-0.15, -0.1) is 13.2 Å². The number of carbonyl (C=O) groups is 1. The molecule has 1 rings (SSSR count). The predicted molar refractivity (Wildman–Crippen MR) is 67.4 cm³/mol. The fourth-order valence-electron chi connectivity index (χ4n) is 1.92. The summed E-state index contributed by atoms with van der Waals surface area (Å²) in [4.78, 5) is 21.8. The fourth-order valence-corrected chi connectivity index (χ4v) is 1.92. The van der Waals surface area contributed by atoms with Gasteiger partial charge in [0.05, 0.1) is 0 Å². The smallest absolute Gasteiger partial charge is 0.406 e. The minimum absolute atomic E-state index is 0.0878. The summed E-state index contributed by atoms with van der Waals surface area (Å²) in [6.45, 7) is 1.79. The average molecular weight is 305 g/mol. The van der Waals surface area contributed by atoms with E-state index in [0.29, 0.717) is 12.8 Å². The van der Waals surface area contributed by atoms with E-state index in [1.54, 1.807) is 6.92 Å². The molecule has 21 heavy (non-hydrogen) atoms. The standard InChI is InChI=1S/C13H14F3NO4/c1-2-3-7-12(9-18,17(19)20)10-5-4-6-11(8-10)21-13(14,15)16/h4-6,8-9H,2-3,7H2,1H3. The molecular weight excluding hydrogens is 291 g/mol. The number of unbranched alkanes of at least 4 members (excludes halogenated alkanes) is 1. The SMILES string of the molecule is CCCCC(C=O)(c1cccc(OC(F)(F)F)c1)[N+](=O)[O-]. The van der Waals surface area contributed by atoms with Crippen LogP contribution in [0.2, 0.25) is 0 Å². The van der Waals surface area contributed by atoms with Gasteiger partial charge in [0, 0.05) is 16.9 Å². The third kappa shape index (κ3) is 4.17. The molecule has 1 aromatic carbocycles. The van der Waals surface area contributed by atoms with E-state index in [4.69, 9.17) is 0 Å². The van der Waals surface area contributed by atoms with E-state index >= 15 is 0 Å². The molecule has 0 heterocycles. The number of rotatable bonds is 7. The lowest BCUT2D eigenvalue weighted by Gasteiger charge is -2.20. The third-order valence-corrected chi connectivity index (χ3v) is 3.00. The van der Waals surface area contributed by atoms with Crippen LogP contribution in [-0.4, -0.2) is 17.6 Å². The molecule has 0 aliphatic heterocycles. The van der Waals surface area contributed by atoms with Crippen LogP contribution < -0.4 is 4.74 Å². The zero-order valence-electron chi connectivity index (χ0n) is 11.2. The lowest BCUT2D eigenvalue weighted by molar-refractivity contribution is -0.559. The average Bonchev–Trinajstić information content (AvgIpc) is 2.38. The molecule has 5 nitrogen and oxygen atoms in total. The molecule has 0 spiro atoms. The summed E-state index contributed by atoms with van der Waals surface area (Å²) >= 11 is 0. The van der Waals surface area contributed by atoms with Gasteiger partial charge in [-0.05, 0) is 18.6 Å². The Kier molecular flexibility index (Phi) is 5.28. The predicted octanol–water partition coefficient (Wildman–Crippen LogP) is 3.45. The lowest BCUT2D eigenvalue weighted by atomic mass is 9.87. The first-order chi connectivity index (χ1) is 9.75. The van der Waals surface area contributed by atoms with Crippen LogP contribution in [0.15, 0.2) is 24.3 Å². The normalized spacial score (nSPS) is 14.3. The Morgan fingerprint density at radius 3 is 2.52 bits per heavy atom. The van der Waals surface area contributed by atoms with Gasteiger partial charge in [0.1, 0.15) is 5.75 Å². The van der Waals surface area contributed by atoms with E-state index in [2.05, 4.69) is 4.74 Å². The summed E-state index contributed by atoms with van der Waals surface area (Å²) < 4.78 is 40.3. The van der Waals surface area contributed by atoms with Crippen molar-refractivity contribution in [3.05, 3.63) is 39.9 Å². The van der Waals surface area contributed by atoms with Gasteiger partial charge in [-0.3, -0.25) is 14.9 Å². The van der Waals surface area contributed by atoms with Gasteiger partial charge in [-0.2, -0.15) is 0 Å². The van der Waals surface area contributed by atoms with Crippen LogP contribution >= 0.6 is 0 Å². The molecule has 0 aromatic heterocycles. The van der Waals surface area contributed by atoms with Gasteiger partial charge < -0.3 is 4.74 Å². The molecule has 116 valence electrons. The highest BCUT2D eigenvalue weighted by Crippen LogP contribution is 2.32. The quantitative estimate of drug-likeness (QED) is 0.439. The molecule has 0 bridgehead atoms. The molecular formula is C13H14F3NO4. The topological polar surface area (TPSA) is 69.4 Å². The van der Waals surface area contributed by atoms with Gasteiger partial charge in [-0.25, -0.2) is 0 Å². The van der Waals surface area contributed by atoms with Crippen molar-refractivity contribution in [2.75, 3.05) is 0 Å². The number of carbonyl (C=O) groups excluding carboxylic acids is 1. The van der Waals surface area contributed by atoms with E-state index in [9.17, 15) is 28.1 Å². The van der Waals surface area contributed by atoms with Gasteiger partial charge in [0.25, 0.3) is 0 Å². The molecule has 1 atom stereocenters. The molecule has 0 N–H and O–H groups in total. The molecule has 8 heteroatoms. The highest BCUT2D eigenvalue weighted by atomic mass is 19.4. The molecule has 0 aliphatic rings. The maximum absolute atomic E-state index is 12.2. The summed E-state index contributed by atoms with van der Waals surface area (Å²) in [5.74, 6) is -0.593. The van der Waals surface area contributed by atoms with E-state index in [1.165, 1.54) is 12.1 Å². The summed E-state index contributed by atoms with van der Waals surface area (Å²) in [6.07, 6.45) is -3.82. The molecule has 0 radical (unpaired) electrons. The molecule has 1 aromatic rings. The van der Waals surface area contributed by atoms with Crippen molar-refractivity contribution in [2.24, 2.45) is 0 Å². The molecule has 0 aliphatic carbocycles. The number of nitro groups is 1. The van der Waals surface area contributed by atoms with Gasteiger partial charge in [0.15, 0.2) is 0 Å². The highest BCUT2D eigenvalue weighted by molar-refractivity contribution is 5.66. The monoisotopic (exact) mass is 305 g/mol. The first-order valence-corrected chi connectivity index (χ1v) is 6.22. The van der Waals surface area contributed by atoms with E-state index in [-0.39, 0.29) is 18.3 Å². The maximum Gasteiger partial charge on any atom is 0.573 e. The van der Waals surface area contributed by atoms with Crippen molar-refractivity contribution in [1.29, 1.82) is 0 Å². The second-order valence-corrected chi connectivity index (χ2v) is 4.48. The summed E-state index contributed by atoms with van der Waals surface area (Å²) in [7, 11) is 0. The minimum atomic E-state index is -4.90. The first kappa shape index (κ1) is 16.9. The lowest BCUT2D eigenvalue weighted by Crippen LogP contribution is -2.37.